The quantitative estimate of drug-likeness (QED) is 0.627. The highest BCUT2D eigenvalue weighted by Gasteiger charge is 2.33. The number of piperazine rings is 1. The van der Waals surface area contributed by atoms with E-state index in [0.717, 1.165) is 45.7 Å². The maximum absolute atomic E-state index is 13.2. The second-order valence-electron chi connectivity index (χ2n) is 7.35. The first kappa shape index (κ1) is 18.6. The number of nitrogens with one attached hydrogen (secondary N) is 1. The lowest BCUT2D eigenvalue weighted by molar-refractivity contribution is -0.384. The summed E-state index contributed by atoms with van der Waals surface area (Å²) < 4.78 is 1.62. The van der Waals surface area contributed by atoms with Gasteiger partial charge in [0.2, 0.25) is 0 Å². The number of nitro benzene ring substituents is 1. The molecule has 1 aromatic heterocycles. The smallest absolute Gasteiger partial charge is 0.269 e. The van der Waals surface area contributed by atoms with E-state index in [1.165, 1.54) is 12.1 Å². The van der Waals surface area contributed by atoms with E-state index in [4.69, 9.17) is 0 Å². The molecule has 2 fully saturated rings. The molecule has 0 spiro atoms. The summed E-state index contributed by atoms with van der Waals surface area (Å²) in [6.45, 7) is 5.51. The summed E-state index contributed by atoms with van der Waals surface area (Å²) in [6, 6.07) is 6.57. The van der Waals surface area contributed by atoms with Gasteiger partial charge >= 0.3 is 0 Å². The number of benzene rings is 1. The molecule has 1 N–H and O–H groups in total. The summed E-state index contributed by atoms with van der Waals surface area (Å²) in [5.41, 5.74) is 1.82. The van der Waals surface area contributed by atoms with Gasteiger partial charge in [0.25, 0.3) is 11.6 Å². The Labute approximate surface area is 163 Å². The lowest BCUT2D eigenvalue weighted by atomic mass is 10.1. The zero-order valence-electron chi connectivity index (χ0n) is 15.9. The van der Waals surface area contributed by atoms with E-state index in [9.17, 15) is 14.9 Å². The zero-order chi connectivity index (χ0) is 19.7. The third-order valence-electron chi connectivity index (χ3n) is 5.53. The van der Waals surface area contributed by atoms with Gasteiger partial charge in [-0.15, -0.1) is 0 Å². The van der Waals surface area contributed by atoms with Crippen LogP contribution in [0.5, 0.6) is 0 Å². The van der Waals surface area contributed by atoms with Crippen LogP contribution in [0.1, 0.15) is 16.8 Å². The highest BCUT2D eigenvalue weighted by atomic mass is 16.6. The van der Waals surface area contributed by atoms with E-state index >= 15 is 0 Å². The first-order valence-corrected chi connectivity index (χ1v) is 9.55. The number of aromatic nitrogens is 2. The molecule has 0 radical (unpaired) electrons. The summed E-state index contributed by atoms with van der Waals surface area (Å²) in [7, 11) is 1.78. The summed E-state index contributed by atoms with van der Waals surface area (Å²) in [5.74, 6) is -0.0286. The number of carbonyl (C=O) groups is 1. The largest absolute Gasteiger partial charge is 0.337 e. The first-order valence-electron chi connectivity index (χ1n) is 9.55. The molecule has 1 aromatic carbocycles. The molecule has 0 saturated carbocycles. The summed E-state index contributed by atoms with van der Waals surface area (Å²) >= 11 is 0. The number of non-ortho nitro benzene ring substituents is 1. The van der Waals surface area contributed by atoms with E-state index in [1.807, 2.05) is 4.90 Å². The van der Waals surface area contributed by atoms with Crippen LogP contribution in [0.4, 0.5) is 5.69 Å². The average molecular weight is 384 g/mol. The Morgan fingerprint density at radius 3 is 2.61 bits per heavy atom. The van der Waals surface area contributed by atoms with Gasteiger partial charge in [-0.2, -0.15) is 5.10 Å². The number of hydrogen-bond donors (Lipinski definition) is 1. The molecule has 1 unspecified atom stereocenters. The van der Waals surface area contributed by atoms with Crippen molar-refractivity contribution in [3.63, 3.8) is 0 Å². The minimum absolute atomic E-state index is 0.0194. The third kappa shape index (κ3) is 3.63. The first-order chi connectivity index (χ1) is 13.5. The molecule has 0 bridgehead atoms. The third-order valence-corrected chi connectivity index (χ3v) is 5.53. The van der Waals surface area contributed by atoms with Gasteiger partial charge in [0, 0.05) is 76.3 Å². The molecule has 3 heterocycles. The number of hydrogen-bond acceptors (Lipinski definition) is 6. The predicted molar refractivity (Wildman–Crippen MR) is 104 cm³/mol. The Kier molecular flexibility index (Phi) is 5.10. The van der Waals surface area contributed by atoms with E-state index in [2.05, 4.69) is 15.3 Å². The maximum Gasteiger partial charge on any atom is 0.269 e. The fourth-order valence-corrected chi connectivity index (χ4v) is 4.04. The van der Waals surface area contributed by atoms with Gasteiger partial charge < -0.3 is 10.2 Å². The standard InChI is InChI=1S/C19H24N6O3/c1-22-13-17(18(21-22)14-2-4-15(5-3-14)25(27)28)19(26)24-9-6-16(12-24)23-10-7-20-8-11-23/h2-5,13,16,20H,6-12H2,1H3. The molecule has 2 saturated heterocycles. The number of likely N-dealkylation sites (tertiary alicyclic amines) is 1. The minimum Gasteiger partial charge on any atom is -0.337 e. The number of carbonyl (C=O) groups excluding carboxylic acids is 1. The number of nitro groups is 1. The molecule has 2 aliphatic heterocycles. The van der Waals surface area contributed by atoms with Crippen LogP contribution in [0.25, 0.3) is 11.3 Å². The van der Waals surface area contributed by atoms with Crippen molar-refractivity contribution in [1.29, 1.82) is 0 Å². The number of rotatable bonds is 4. The Morgan fingerprint density at radius 2 is 1.93 bits per heavy atom. The van der Waals surface area contributed by atoms with Crippen molar-refractivity contribution in [2.45, 2.75) is 12.5 Å². The van der Waals surface area contributed by atoms with Crippen molar-refractivity contribution in [2.24, 2.45) is 7.05 Å². The van der Waals surface area contributed by atoms with Gasteiger partial charge in [-0.05, 0) is 18.6 Å². The summed E-state index contributed by atoms with van der Waals surface area (Å²) in [5, 5.41) is 18.7. The van der Waals surface area contributed by atoms with Crippen LogP contribution in [0, 0.1) is 10.1 Å². The molecule has 0 aliphatic carbocycles. The van der Waals surface area contributed by atoms with Gasteiger partial charge in [0.1, 0.15) is 5.69 Å². The maximum atomic E-state index is 13.2. The van der Waals surface area contributed by atoms with Crippen LogP contribution in [-0.2, 0) is 7.05 Å². The minimum atomic E-state index is -0.436. The molecule has 2 aliphatic rings. The lowest BCUT2D eigenvalue weighted by Gasteiger charge is -2.32. The van der Waals surface area contributed by atoms with E-state index in [-0.39, 0.29) is 11.6 Å². The van der Waals surface area contributed by atoms with Crippen LogP contribution < -0.4 is 5.32 Å². The molecule has 1 amide bonds. The van der Waals surface area contributed by atoms with Crippen molar-refractivity contribution < 1.29 is 9.72 Å². The molecule has 2 aromatic rings. The zero-order valence-corrected chi connectivity index (χ0v) is 15.9. The number of aryl methyl sites for hydroxylation is 1. The van der Waals surface area contributed by atoms with Crippen LogP contribution in [0.3, 0.4) is 0 Å². The van der Waals surface area contributed by atoms with Crippen LogP contribution >= 0.6 is 0 Å². The Morgan fingerprint density at radius 1 is 1.21 bits per heavy atom. The lowest BCUT2D eigenvalue weighted by Crippen LogP contribution is -2.49. The fraction of sp³-hybridized carbons (Fsp3) is 0.474. The van der Waals surface area contributed by atoms with Crippen LogP contribution in [-0.4, -0.2) is 75.7 Å². The second-order valence-corrected chi connectivity index (χ2v) is 7.35. The summed E-state index contributed by atoms with van der Waals surface area (Å²) in [6.07, 6.45) is 2.72. The summed E-state index contributed by atoms with van der Waals surface area (Å²) in [4.78, 5) is 28.0. The molecule has 4 rings (SSSR count). The highest BCUT2D eigenvalue weighted by Crippen LogP contribution is 2.27. The molecule has 28 heavy (non-hydrogen) atoms. The predicted octanol–water partition coefficient (Wildman–Crippen LogP) is 1.11. The van der Waals surface area contributed by atoms with Crippen molar-refractivity contribution in [3.8, 4) is 11.3 Å². The van der Waals surface area contributed by atoms with E-state index < -0.39 is 4.92 Å². The van der Waals surface area contributed by atoms with Crippen LogP contribution in [0.2, 0.25) is 0 Å². The molecule has 9 nitrogen and oxygen atoms in total. The van der Waals surface area contributed by atoms with Gasteiger partial charge in [0.05, 0.1) is 10.5 Å². The SMILES string of the molecule is Cn1cc(C(=O)N2CCC(N3CCNCC3)C2)c(-c2ccc([N+](=O)[O-])cc2)n1. The molecular weight excluding hydrogens is 360 g/mol. The Balaban J connectivity index is 1.53. The highest BCUT2D eigenvalue weighted by molar-refractivity contribution is 6.00. The Hall–Kier alpha value is -2.78. The monoisotopic (exact) mass is 384 g/mol. The van der Waals surface area contributed by atoms with E-state index in [0.29, 0.717) is 22.9 Å². The van der Waals surface area contributed by atoms with Crippen molar-refractivity contribution >= 4 is 11.6 Å². The van der Waals surface area contributed by atoms with Crippen molar-refractivity contribution in [1.82, 2.24) is 24.9 Å². The van der Waals surface area contributed by atoms with Crippen LogP contribution in [0.15, 0.2) is 30.5 Å². The second kappa shape index (κ2) is 7.69. The van der Waals surface area contributed by atoms with Gasteiger partial charge in [-0.1, -0.05) is 0 Å². The molecule has 1 atom stereocenters. The average Bonchev–Trinajstić information content (AvgIpc) is 3.35. The van der Waals surface area contributed by atoms with Crippen molar-refractivity contribution in [3.05, 3.63) is 46.1 Å². The van der Waals surface area contributed by atoms with Gasteiger partial charge in [-0.3, -0.25) is 24.5 Å². The molecule has 9 heteroatoms. The normalized spacial score (nSPS) is 20.5. The Bertz CT molecular complexity index is 872. The number of nitrogens with zero attached hydrogens (tertiary/aromatic N) is 5. The number of amides is 1. The molecular formula is C19H24N6O3. The topological polar surface area (TPSA) is 96.5 Å². The van der Waals surface area contributed by atoms with Crippen molar-refractivity contribution in [2.75, 3.05) is 39.3 Å². The fourth-order valence-electron chi connectivity index (χ4n) is 4.04. The van der Waals surface area contributed by atoms with Gasteiger partial charge in [0.15, 0.2) is 0 Å². The molecule has 148 valence electrons. The van der Waals surface area contributed by atoms with E-state index in [1.54, 1.807) is 30.1 Å². The van der Waals surface area contributed by atoms with Gasteiger partial charge in [-0.25, -0.2) is 0 Å².